The van der Waals surface area contributed by atoms with E-state index in [1.54, 1.807) is 11.8 Å². The molecule has 0 spiro atoms. The molecule has 0 aliphatic carbocycles. The van der Waals surface area contributed by atoms with Crippen LogP contribution >= 0.6 is 11.8 Å². The molecule has 1 rings (SSSR count). The number of nitrogens with one attached hydrogen (secondary N) is 2. The Hall–Kier alpha value is -0.520. The lowest BCUT2D eigenvalue weighted by Crippen LogP contribution is -2.51. The summed E-state index contributed by atoms with van der Waals surface area (Å²) in [6.45, 7) is 3.38. The number of amides is 1. The Morgan fingerprint density at radius 3 is 2.83 bits per heavy atom. The molecule has 1 heterocycles. The molecule has 0 bridgehead atoms. The second-order valence-electron chi connectivity index (χ2n) is 2.63. The van der Waals surface area contributed by atoms with E-state index in [0.29, 0.717) is 0 Å². The molecule has 4 nitrogen and oxygen atoms in total. The van der Waals surface area contributed by atoms with Gasteiger partial charge in [0.05, 0.1) is 12.1 Å². The Morgan fingerprint density at radius 1 is 1.58 bits per heavy atom. The summed E-state index contributed by atoms with van der Waals surface area (Å²) in [5, 5.41) is 2.81. The second-order valence-corrected chi connectivity index (χ2v) is 3.70. The maximum Gasteiger partial charge on any atom is 0.243 e. The highest BCUT2D eigenvalue weighted by Gasteiger charge is 2.27. The minimum Gasteiger partial charge on any atom is -0.347 e. The molecule has 1 aliphatic heterocycles. The monoisotopic (exact) mass is 187 g/mol. The Kier molecular flexibility index (Phi) is 3.58. The maximum absolute atomic E-state index is 10.9. The van der Waals surface area contributed by atoms with E-state index in [1.807, 2.05) is 0 Å². The van der Waals surface area contributed by atoms with Crippen LogP contribution < -0.4 is 16.6 Å². The number of hydrogen-bond acceptors (Lipinski definition) is 4. The summed E-state index contributed by atoms with van der Waals surface area (Å²) in [6.07, 6.45) is 1.27. The highest BCUT2D eigenvalue weighted by atomic mass is 32.2. The smallest absolute Gasteiger partial charge is 0.243 e. The fourth-order valence-electron chi connectivity index (χ4n) is 1.10. The molecule has 0 saturated carbocycles. The van der Waals surface area contributed by atoms with Gasteiger partial charge in [0.1, 0.15) is 0 Å². The van der Waals surface area contributed by atoms with Gasteiger partial charge in [0.15, 0.2) is 0 Å². The summed E-state index contributed by atoms with van der Waals surface area (Å²) in [7, 11) is 0. The van der Waals surface area contributed by atoms with Gasteiger partial charge in [-0.2, -0.15) is 11.8 Å². The lowest BCUT2D eigenvalue weighted by molar-refractivity contribution is -0.117. The SMILES string of the molecule is C=CC(=O)NC1CSCC1NN. The molecule has 5 heteroatoms. The van der Waals surface area contributed by atoms with E-state index in [0.717, 1.165) is 11.5 Å². The largest absolute Gasteiger partial charge is 0.347 e. The van der Waals surface area contributed by atoms with Gasteiger partial charge in [-0.1, -0.05) is 6.58 Å². The summed E-state index contributed by atoms with van der Waals surface area (Å²) in [5.74, 6) is 7.02. The molecule has 68 valence electrons. The predicted molar refractivity (Wildman–Crippen MR) is 50.6 cm³/mol. The van der Waals surface area contributed by atoms with Gasteiger partial charge >= 0.3 is 0 Å². The Balaban J connectivity index is 2.40. The first-order chi connectivity index (χ1) is 5.77. The molecule has 1 amide bonds. The average molecular weight is 187 g/mol. The maximum atomic E-state index is 10.9. The minimum absolute atomic E-state index is 0.130. The number of carbonyl (C=O) groups is 1. The molecule has 0 radical (unpaired) electrons. The van der Waals surface area contributed by atoms with E-state index < -0.39 is 0 Å². The Labute approximate surface area is 75.9 Å². The fourth-order valence-corrected chi connectivity index (χ4v) is 2.39. The summed E-state index contributed by atoms with van der Waals surface area (Å²) in [5.41, 5.74) is 2.67. The van der Waals surface area contributed by atoms with Crippen molar-refractivity contribution in [1.29, 1.82) is 0 Å². The second kappa shape index (κ2) is 4.49. The molecule has 0 aromatic heterocycles. The van der Waals surface area contributed by atoms with Crippen molar-refractivity contribution in [3.05, 3.63) is 12.7 Å². The van der Waals surface area contributed by atoms with Gasteiger partial charge < -0.3 is 5.32 Å². The third-order valence-electron chi connectivity index (χ3n) is 1.81. The zero-order valence-electron chi connectivity index (χ0n) is 6.75. The molecular weight excluding hydrogens is 174 g/mol. The van der Waals surface area contributed by atoms with Crippen LogP contribution in [0.25, 0.3) is 0 Å². The predicted octanol–water partition coefficient (Wildman–Crippen LogP) is -0.764. The third-order valence-corrected chi connectivity index (χ3v) is 3.00. The van der Waals surface area contributed by atoms with E-state index in [2.05, 4.69) is 17.3 Å². The molecule has 2 atom stereocenters. The zero-order valence-corrected chi connectivity index (χ0v) is 7.56. The van der Waals surface area contributed by atoms with Gasteiger partial charge in [0, 0.05) is 11.5 Å². The van der Waals surface area contributed by atoms with Crippen molar-refractivity contribution in [1.82, 2.24) is 10.7 Å². The zero-order chi connectivity index (χ0) is 8.97. The molecule has 1 fully saturated rings. The minimum atomic E-state index is -0.136. The quantitative estimate of drug-likeness (QED) is 0.308. The first-order valence-electron chi connectivity index (χ1n) is 3.74. The van der Waals surface area contributed by atoms with Crippen LogP contribution in [0.4, 0.5) is 0 Å². The third kappa shape index (κ3) is 2.23. The normalized spacial score (nSPS) is 28.4. The first-order valence-corrected chi connectivity index (χ1v) is 4.90. The van der Waals surface area contributed by atoms with Gasteiger partial charge in [0.25, 0.3) is 0 Å². The van der Waals surface area contributed by atoms with Gasteiger partial charge in [0.2, 0.25) is 5.91 Å². The van der Waals surface area contributed by atoms with Crippen LogP contribution in [-0.2, 0) is 4.79 Å². The van der Waals surface area contributed by atoms with Crippen LogP contribution in [0.2, 0.25) is 0 Å². The average Bonchev–Trinajstić information content (AvgIpc) is 2.51. The molecular formula is C7H13N3OS. The van der Waals surface area contributed by atoms with Crippen LogP contribution in [0.3, 0.4) is 0 Å². The molecule has 12 heavy (non-hydrogen) atoms. The van der Waals surface area contributed by atoms with Gasteiger partial charge in [-0.25, -0.2) is 0 Å². The Morgan fingerprint density at radius 2 is 2.25 bits per heavy atom. The van der Waals surface area contributed by atoms with Crippen LogP contribution in [0.5, 0.6) is 0 Å². The van der Waals surface area contributed by atoms with Crippen LogP contribution in [0, 0.1) is 0 Å². The summed E-state index contributed by atoms with van der Waals surface area (Å²) >= 11 is 1.78. The van der Waals surface area contributed by atoms with Crippen molar-refractivity contribution in [2.75, 3.05) is 11.5 Å². The van der Waals surface area contributed by atoms with Crippen molar-refractivity contribution in [3.63, 3.8) is 0 Å². The molecule has 1 saturated heterocycles. The fraction of sp³-hybridized carbons (Fsp3) is 0.571. The number of hydrogen-bond donors (Lipinski definition) is 3. The lowest BCUT2D eigenvalue weighted by Gasteiger charge is -2.17. The van der Waals surface area contributed by atoms with Crippen molar-refractivity contribution >= 4 is 17.7 Å². The number of carbonyl (C=O) groups excluding carboxylic acids is 1. The van der Waals surface area contributed by atoms with E-state index in [-0.39, 0.29) is 18.0 Å². The van der Waals surface area contributed by atoms with Crippen molar-refractivity contribution in [2.45, 2.75) is 12.1 Å². The van der Waals surface area contributed by atoms with E-state index in [9.17, 15) is 4.79 Å². The first kappa shape index (κ1) is 9.57. The van der Waals surface area contributed by atoms with Gasteiger partial charge in [-0.05, 0) is 6.08 Å². The van der Waals surface area contributed by atoms with Crippen LogP contribution in [0.1, 0.15) is 0 Å². The van der Waals surface area contributed by atoms with E-state index >= 15 is 0 Å². The Bertz CT molecular complexity index is 185. The summed E-state index contributed by atoms with van der Waals surface area (Å²) < 4.78 is 0. The van der Waals surface area contributed by atoms with Crippen molar-refractivity contribution in [2.24, 2.45) is 5.84 Å². The molecule has 0 aromatic carbocycles. The summed E-state index contributed by atoms with van der Waals surface area (Å²) in [4.78, 5) is 10.9. The molecule has 2 unspecified atom stereocenters. The lowest BCUT2D eigenvalue weighted by atomic mass is 10.2. The standard InChI is InChI=1S/C7H13N3OS/c1-2-7(11)9-5-3-12-4-6(5)10-8/h2,5-6,10H,1,3-4,8H2,(H,9,11). The highest BCUT2D eigenvalue weighted by molar-refractivity contribution is 7.99. The van der Waals surface area contributed by atoms with Gasteiger partial charge in [-0.15, -0.1) is 0 Å². The van der Waals surface area contributed by atoms with Crippen molar-refractivity contribution in [3.8, 4) is 0 Å². The summed E-state index contributed by atoms with van der Waals surface area (Å²) in [6, 6.07) is 0.310. The van der Waals surface area contributed by atoms with Gasteiger partial charge in [-0.3, -0.25) is 16.1 Å². The molecule has 0 aromatic rings. The van der Waals surface area contributed by atoms with Crippen LogP contribution in [0.15, 0.2) is 12.7 Å². The highest BCUT2D eigenvalue weighted by Crippen LogP contribution is 2.17. The number of rotatable bonds is 3. The van der Waals surface area contributed by atoms with Crippen molar-refractivity contribution < 1.29 is 4.79 Å². The number of nitrogens with two attached hydrogens (primary N) is 1. The molecule has 1 aliphatic rings. The van der Waals surface area contributed by atoms with E-state index in [1.165, 1.54) is 6.08 Å². The topological polar surface area (TPSA) is 67.2 Å². The van der Waals surface area contributed by atoms with E-state index in [4.69, 9.17) is 5.84 Å². The van der Waals surface area contributed by atoms with Crippen LogP contribution in [-0.4, -0.2) is 29.5 Å². The number of thioether (sulfide) groups is 1. The number of hydrazine groups is 1. The molecule has 4 N–H and O–H groups in total.